The lowest BCUT2D eigenvalue weighted by Crippen LogP contribution is -2.45. The number of guanidine groups is 1. The molecule has 1 aromatic heterocycles. The van der Waals surface area contributed by atoms with Crippen molar-refractivity contribution in [1.82, 2.24) is 25.3 Å². The van der Waals surface area contributed by atoms with Crippen LogP contribution in [0.4, 0.5) is 13.2 Å². The molecule has 9 heteroatoms. The summed E-state index contributed by atoms with van der Waals surface area (Å²) in [5.41, 5.74) is 1.34. The van der Waals surface area contributed by atoms with Crippen LogP contribution in [0, 0.1) is 5.92 Å². The van der Waals surface area contributed by atoms with Crippen LogP contribution in [-0.2, 0) is 19.8 Å². The molecule has 1 aliphatic heterocycles. The van der Waals surface area contributed by atoms with Crippen molar-refractivity contribution in [3.63, 3.8) is 0 Å². The van der Waals surface area contributed by atoms with E-state index in [1.54, 1.807) is 30.1 Å². The number of hydrogen-bond acceptors (Lipinski definition) is 3. The van der Waals surface area contributed by atoms with Crippen LogP contribution in [0.3, 0.4) is 0 Å². The molecule has 0 spiro atoms. The molecule has 2 unspecified atom stereocenters. The molecule has 0 aliphatic carbocycles. The first-order valence-corrected chi connectivity index (χ1v) is 10.1. The molecule has 30 heavy (non-hydrogen) atoms. The molecular formula is C21H29F3N6. The second-order valence-electron chi connectivity index (χ2n) is 7.70. The van der Waals surface area contributed by atoms with Crippen LogP contribution in [0.25, 0.3) is 0 Å². The Kier molecular flexibility index (Phi) is 7.02. The molecule has 6 nitrogen and oxygen atoms in total. The van der Waals surface area contributed by atoms with Gasteiger partial charge in [-0.2, -0.15) is 18.3 Å². The van der Waals surface area contributed by atoms with Gasteiger partial charge in [-0.3, -0.25) is 14.6 Å². The second kappa shape index (κ2) is 9.51. The predicted molar refractivity (Wildman–Crippen MR) is 111 cm³/mol. The summed E-state index contributed by atoms with van der Waals surface area (Å²) in [5, 5.41) is 10.8. The number of piperidine rings is 1. The van der Waals surface area contributed by atoms with Crippen LogP contribution in [-0.4, -0.2) is 47.8 Å². The molecule has 2 aromatic rings. The largest absolute Gasteiger partial charge is 0.416 e. The van der Waals surface area contributed by atoms with Gasteiger partial charge < -0.3 is 10.6 Å². The van der Waals surface area contributed by atoms with E-state index in [9.17, 15) is 13.2 Å². The van der Waals surface area contributed by atoms with Crippen molar-refractivity contribution < 1.29 is 13.2 Å². The summed E-state index contributed by atoms with van der Waals surface area (Å²) >= 11 is 0. The highest BCUT2D eigenvalue weighted by molar-refractivity contribution is 5.79. The third-order valence-electron chi connectivity index (χ3n) is 5.70. The molecule has 2 N–H and O–H groups in total. The van der Waals surface area contributed by atoms with E-state index >= 15 is 0 Å². The minimum atomic E-state index is -4.32. The zero-order valence-corrected chi connectivity index (χ0v) is 17.6. The standard InChI is InChI=1S/C21H29F3N6/c1-25-20(27-14-18-10-11-28-30(18)3)26-13-16-5-4-12-29(2)19(16)15-6-8-17(9-7-15)21(22,23)24/h6-11,16,19H,4-5,12-14H2,1-3H3,(H2,25,26,27). The number of aryl methyl sites for hydroxylation is 1. The fourth-order valence-electron chi connectivity index (χ4n) is 4.07. The fourth-order valence-corrected chi connectivity index (χ4v) is 4.07. The van der Waals surface area contributed by atoms with E-state index < -0.39 is 11.7 Å². The molecule has 2 heterocycles. The van der Waals surface area contributed by atoms with Crippen molar-refractivity contribution >= 4 is 5.96 Å². The van der Waals surface area contributed by atoms with Gasteiger partial charge in [-0.05, 0) is 56.1 Å². The normalized spacial score (nSPS) is 20.9. The number of benzene rings is 1. The van der Waals surface area contributed by atoms with E-state index in [1.807, 2.05) is 20.2 Å². The predicted octanol–water partition coefficient (Wildman–Crippen LogP) is 3.19. The van der Waals surface area contributed by atoms with Gasteiger partial charge in [0, 0.05) is 32.9 Å². The van der Waals surface area contributed by atoms with Gasteiger partial charge in [0.05, 0.1) is 17.8 Å². The molecule has 0 bridgehead atoms. The molecule has 164 valence electrons. The first-order valence-electron chi connectivity index (χ1n) is 10.1. The Morgan fingerprint density at radius 1 is 1.17 bits per heavy atom. The fraction of sp³-hybridized carbons (Fsp3) is 0.524. The van der Waals surface area contributed by atoms with Gasteiger partial charge in [-0.15, -0.1) is 0 Å². The van der Waals surface area contributed by atoms with Gasteiger partial charge >= 0.3 is 6.18 Å². The highest BCUT2D eigenvalue weighted by Crippen LogP contribution is 2.36. The van der Waals surface area contributed by atoms with Crippen LogP contribution < -0.4 is 10.6 Å². The van der Waals surface area contributed by atoms with Gasteiger partial charge in [-0.1, -0.05) is 12.1 Å². The van der Waals surface area contributed by atoms with Crippen LogP contribution in [0.5, 0.6) is 0 Å². The van der Waals surface area contributed by atoms with E-state index in [0.29, 0.717) is 19.0 Å². The molecule has 3 rings (SSSR count). The van der Waals surface area contributed by atoms with Crippen molar-refractivity contribution in [2.45, 2.75) is 31.6 Å². The molecule has 2 atom stereocenters. The average Bonchev–Trinajstić information content (AvgIpc) is 3.12. The first kappa shape index (κ1) is 22.1. The van der Waals surface area contributed by atoms with E-state index in [4.69, 9.17) is 0 Å². The average molecular weight is 422 g/mol. The van der Waals surface area contributed by atoms with Gasteiger partial charge in [0.25, 0.3) is 0 Å². The summed E-state index contributed by atoms with van der Waals surface area (Å²) < 4.78 is 40.6. The molecule has 1 fully saturated rings. The minimum Gasteiger partial charge on any atom is -0.356 e. The van der Waals surface area contributed by atoms with Crippen molar-refractivity contribution in [2.24, 2.45) is 18.0 Å². The molecule has 1 aliphatic rings. The minimum absolute atomic E-state index is 0.0590. The summed E-state index contributed by atoms with van der Waals surface area (Å²) in [6.07, 6.45) is -0.507. The number of alkyl halides is 3. The van der Waals surface area contributed by atoms with Crippen molar-refractivity contribution in [2.75, 3.05) is 27.2 Å². The summed E-state index contributed by atoms with van der Waals surface area (Å²) in [6, 6.07) is 7.57. The van der Waals surface area contributed by atoms with E-state index in [2.05, 4.69) is 25.6 Å². The van der Waals surface area contributed by atoms with Gasteiger partial charge in [0.2, 0.25) is 0 Å². The van der Waals surface area contributed by atoms with Crippen LogP contribution >= 0.6 is 0 Å². The summed E-state index contributed by atoms with van der Waals surface area (Å²) in [7, 11) is 5.64. The molecule has 1 saturated heterocycles. The Morgan fingerprint density at radius 2 is 1.90 bits per heavy atom. The topological polar surface area (TPSA) is 57.5 Å². The Hall–Kier alpha value is -2.55. The van der Waals surface area contributed by atoms with Crippen LogP contribution in [0.1, 0.15) is 35.7 Å². The van der Waals surface area contributed by atoms with Crippen LogP contribution in [0.2, 0.25) is 0 Å². The van der Waals surface area contributed by atoms with Crippen molar-refractivity contribution in [3.8, 4) is 0 Å². The van der Waals surface area contributed by atoms with E-state index in [-0.39, 0.29) is 12.0 Å². The highest BCUT2D eigenvalue weighted by Gasteiger charge is 2.33. The zero-order chi connectivity index (χ0) is 21.7. The zero-order valence-electron chi connectivity index (χ0n) is 17.6. The Labute approximate surface area is 175 Å². The molecule has 1 aromatic carbocycles. The number of likely N-dealkylation sites (tertiary alicyclic amines) is 1. The van der Waals surface area contributed by atoms with Crippen LogP contribution in [0.15, 0.2) is 41.5 Å². The SMILES string of the molecule is CN=C(NCc1ccnn1C)NCC1CCCN(C)C1c1ccc(C(F)(F)F)cc1. The maximum absolute atomic E-state index is 12.9. The monoisotopic (exact) mass is 422 g/mol. The highest BCUT2D eigenvalue weighted by atomic mass is 19.4. The summed E-state index contributed by atoms with van der Waals surface area (Å²) in [4.78, 5) is 6.51. The smallest absolute Gasteiger partial charge is 0.356 e. The molecule has 0 amide bonds. The Balaban J connectivity index is 1.64. The second-order valence-corrected chi connectivity index (χ2v) is 7.70. The summed E-state index contributed by atoms with van der Waals surface area (Å²) in [6.45, 7) is 2.21. The third kappa shape index (κ3) is 5.33. The molecule has 0 radical (unpaired) electrons. The van der Waals surface area contributed by atoms with Gasteiger partial charge in [0.15, 0.2) is 5.96 Å². The lowest BCUT2D eigenvalue weighted by Gasteiger charge is -2.40. The number of halogens is 3. The quantitative estimate of drug-likeness (QED) is 0.574. The molecule has 0 saturated carbocycles. The first-order chi connectivity index (χ1) is 14.3. The number of rotatable bonds is 5. The maximum atomic E-state index is 12.9. The van der Waals surface area contributed by atoms with E-state index in [1.165, 1.54) is 12.1 Å². The van der Waals surface area contributed by atoms with Crippen molar-refractivity contribution in [3.05, 3.63) is 53.3 Å². The molecular weight excluding hydrogens is 393 g/mol. The maximum Gasteiger partial charge on any atom is 0.416 e. The number of aliphatic imine (C=N–C) groups is 1. The van der Waals surface area contributed by atoms with Crippen molar-refractivity contribution in [1.29, 1.82) is 0 Å². The number of aromatic nitrogens is 2. The Bertz CT molecular complexity index is 843. The Morgan fingerprint density at radius 3 is 2.50 bits per heavy atom. The van der Waals surface area contributed by atoms with E-state index in [0.717, 1.165) is 30.6 Å². The third-order valence-corrected chi connectivity index (χ3v) is 5.70. The van der Waals surface area contributed by atoms with Gasteiger partial charge in [-0.25, -0.2) is 0 Å². The lowest BCUT2D eigenvalue weighted by atomic mass is 9.84. The number of hydrogen-bond donors (Lipinski definition) is 2. The summed E-state index contributed by atoms with van der Waals surface area (Å²) in [5.74, 6) is 0.950. The number of nitrogens with one attached hydrogen (secondary N) is 2. The number of nitrogens with zero attached hydrogens (tertiary/aromatic N) is 4. The van der Waals surface area contributed by atoms with Gasteiger partial charge in [0.1, 0.15) is 0 Å². The lowest BCUT2D eigenvalue weighted by molar-refractivity contribution is -0.137.